The molecule has 5 heteroatoms. The smallest absolute Gasteiger partial charge is 0.173 e. The molecule has 2 heterocycles. The Kier molecular flexibility index (Phi) is 4.70. The van der Waals surface area contributed by atoms with E-state index in [9.17, 15) is 0 Å². The normalized spacial score (nSPS) is 21.2. The Morgan fingerprint density at radius 1 is 1.38 bits per heavy atom. The topological polar surface area (TPSA) is 74.7 Å². The molecule has 1 aliphatic heterocycles. The van der Waals surface area contributed by atoms with Crippen molar-refractivity contribution in [3.63, 3.8) is 0 Å². The molecule has 1 aromatic rings. The third-order valence-corrected chi connectivity index (χ3v) is 4.42. The van der Waals surface area contributed by atoms with Crippen molar-refractivity contribution in [2.45, 2.75) is 40.0 Å². The van der Waals surface area contributed by atoms with Crippen LogP contribution in [0.5, 0.6) is 0 Å². The standard InChI is InChI=1S/C16H26N4O/c1-16(2,3)12-6-5-10-20(11-8-12)15-13(14(17)19-21)7-4-9-18-15/h4,7,9,12,21H,5-6,8,10-11H2,1-3H3,(H2,17,19). The zero-order valence-corrected chi connectivity index (χ0v) is 13.2. The fraction of sp³-hybridized carbons (Fsp3) is 0.625. The summed E-state index contributed by atoms with van der Waals surface area (Å²) in [7, 11) is 0. The van der Waals surface area contributed by atoms with Crippen LogP contribution in [0.2, 0.25) is 0 Å². The Balaban J connectivity index is 2.20. The average molecular weight is 290 g/mol. The van der Waals surface area contributed by atoms with Crippen LogP contribution in [0.4, 0.5) is 5.82 Å². The number of amidine groups is 1. The predicted octanol–water partition coefficient (Wildman–Crippen LogP) is 2.83. The second-order valence-electron chi connectivity index (χ2n) is 6.84. The van der Waals surface area contributed by atoms with Crippen molar-refractivity contribution in [3.05, 3.63) is 23.9 Å². The summed E-state index contributed by atoms with van der Waals surface area (Å²) in [5, 5.41) is 12.1. The van der Waals surface area contributed by atoms with Gasteiger partial charge in [-0.1, -0.05) is 25.9 Å². The highest BCUT2D eigenvalue weighted by Gasteiger charge is 2.28. The molecule has 5 nitrogen and oxygen atoms in total. The molecular weight excluding hydrogens is 264 g/mol. The molecule has 1 aliphatic rings. The van der Waals surface area contributed by atoms with Gasteiger partial charge in [-0.3, -0.25) is 0 Å². The van der Waals surface area contributed by atoms with Crippen LogP contribution in [0.1, 0.15) is 45.6 Å². The highest BCUT2D eigenvalue weighted by molar-refractivity contribution is 6.01. The molecule has 0 radical (unpaired) electrons. The van der Waals surface area contributed by atoms with Crippen molar-refractivity contribution in [1.29, 1.82) is 0 Å². The largest absolute Gasteiger partial charge is 0.409 e. The summed E-state index contributed by atoms with van der Waals surface area (Å²) in [5.74, 6) is 1.66. The van der Waals surface area contributed by atoms with E-state index in [0.717, 1.165) is 37.7 Å². The molecule has 1 saturated heterocycles. The molecule has 0 aliphatic carbocycles. The van der Waals surface area contributed by atoms with Gasteiger partial charge in [-0.15, -0.1) is 0 Å². The first-order valence-corrected chi connectivity index (χ1v) is 7.61. The van der Waals surface area contributed by atoms with E-state index in [1.807, 2.05) is 12.1 Å². The summed E-state index contributed by atoms with van der Waals surface area (Å²) in [5.41, 5.74) is 6.82. The number of pyridine rings is 1. The van der Waals surface area contributed by atoms with E-state index in [-0.39, 0.29) is 5.84 Å². The van der Waals surface area contributed by atoms with E-state index in [4.69, 9.17) is 10.9 Å². The summed E-state index contributed by atoms with van der Waals surface area (Å²) >= 11 is 0. The number of aromatic nitrogens is 1. The Hall–Kier alpha value is -1.78. The number of hydrogen-bond donors (Lipinski definition) is 2. The molecular formula is C16H26N4O. The molecule has 116 valence electrons. The van der Waals surface area contributed by atoms with Gasteiger partial charge in [0.15, 0.2) is 5.84 Å². The van der Waals surface area contributed by atoms with Crippen LogP contribution in [0, 0.1) is 11.3 Å². The number of nitrogens with two attached hydrogens (primary N) is 1. The Morgan fingerprint density at radius 2 is 2.14 bits per heavy atom. The highest BCUT2D eigenvalue weighted by atomic mass is 16.4. The molecule has 3 N–H and O–H groups in total. The number of hydrogen-bond acceptors (Lipinski definition) is 4. The Bertz CT molecular complexity index is 507. The van der Waals surface area contributed by atoms with Crippen molar-refractivity contribution in [3.8, 4) is 0 Å². The van der Waals surface area contributed by atoms with Gasteiger partial charge in [-0.05, 0) is 42.7 Å². The minimum atomic E-state index is 0.120. The maximum Gasteiger partial charge on any atom is 0.173 e. The minimum absolute atomic E-state index is 0.120. The third-order valence-electron chi connectivity index (χ3n) is 4.42. The quantitative estimate of drug-likeness (QED) is 0.380. The second-order valence-corrected chi connectivity index (χ2v) is 6.84. The third kappa shape index (κ3) is 3.65. The summed E-state index contributed by atoms with van der Waals surface area (Å²) in [6, 6.07) is 3.66. The average Bonchev–Trinajstić information content (AvgIpc) is 2.72. The summed E-state index contributed by atoms with van der Waals surface area (Å²) < 4.78 is 0. The summed E-state index contributed by atoms with van der Waals surface area (Å²) in [6.45, 7) is 8.88. The van der Waals surface area contributed by atoms with Crippen molar-refractivity contribution >= 4 is 11.7 Å². The molecule has 0 saturated carbocycles. The van der Waals surface area contributed by atoms with Gasteiger partial charge in [0.2, 0.25) is 0 Å². The lowest BCUT2D eigenvalue weighted by atomic mass is 9.77. The monoisotopic (exact) mass is 290 g/mol. The maximum absolute atomic E-state index is 8.93. The van der Waals surface area contributed by atoms with E-state index < -0.39 is 0 Å². The van der Waals surface area contributed by atoms with E-state index in [1.54, 1.807) is 6.20 Å². The molecule has 1 atom stereocenters. The van der Waals surface area contributed by atoms with E-state index >= 15 is 0 Å². The summed E-state index contributed by atoms with van der Waals surface area (Å²) in [6.07, 6.45) is 5.30. The molecule has 1 fully saturated rings. The van der Waals surface area contributed by atoms with Crippen LogP contribution in [-0.4, -0.2) is 29.1 Å². The van der Waals surface area contributed by atoms with E-state index in [0.29, 0.717) is 11.0 Å². The van der Waals surface area contributed by atoms with Gasteiger partial charge in [-0.25, -0.2) is 4.98 Å². The van der Waals surface area contributed by atoms with E-state index in [2.05, 4.69) is 35.8 Å². The lowest BCUT2D eigenvalue weighted by molar-refractivity contribution is 0.220. The fourth-order valence-corrected chi connectivity index (χ4v) is 3.08. The summed E-state index contributed by atoms with van der Waals surface area (Å²) in [4.78, 5) is 6.72. The van der Waals surface area contributed by atoms with Crippen LogP contribution in [0.25, 0.3) is 0 Å². The van der Waals surface area contributed by atoms with Gasteiger partial charge in [-0.2, -0.15) is 0 Å². The SMILES string of the molecule is CC(C)(C)C1CCCN(c2ncccc2C(N)=NO)CC1. The Morgan fingerprint density at radius 3 is 2.81 bits per heavy atom. The van der Waals surface area contributed by atoms with Gasteiger partial charge in [0, 0.05) is 19.3 Å². The zero-order valence-electron chi connectivity index (χ0n) is 13.2. The lowest BCUT2D eigenvalue weighted by Gasteiger charge is -2.30. The Labute approximate surface area is 126 Å². The van der Waals surface area contributed by atoms with Gasteiger partial charge >= 0.3 is 0 Å². The van der Waals surface area contributed by atoms with Gasteiger partial charge in [0.25, 0.3) is 0 Å². The van der Waals surface area contributed by atoms with Crippen LogP contribution < -0.4 is 10.6 Å². The predicted molar refractivity (Wildman–Crippen MR) is 85.8 cm³/mol. The first-order chi connectivity index (χ1) is 9.93. The van der Waals surface area contributed by atoms with Crippen LogP contribution in [0.3, 0.4) is 0 Å². The molecule has 0 bridgehead atoms. The molecule has 0 aromatic carbocycles. The van der Waals surface area contributed by atoms with Gasteiger partial charge < -0.3 is 15.8 Å². The molecule has 0 amide bonds. The second kappa shape index (κ2) is 6.33. The van der Waals surface area contributed by atoms with Crippen LogP contribution in [0.15, 0.2) is 23.5 Å². The van der Waals surface area contributed by atoms with Gasteiger partial charge in [0.05, 0.1) is 5.56 Å². The van der Waals surface area contributed by atoms with Crippen molar-refractivity contribution in [1.82, 2.24) is 4.98 Å². The lowest BCUT2D eigenvalue weighted by Crippen LogP contribution is -2.29. The van der Waals surface area contributed by atoms with Crippen LogP contribution >= 0.6 is 0 Å². The molecule has 21 heavy (non-hydrogen) atoms. The molecule has 1 aromatic heterocycles. The number of rotatable bonds is 2. The zero-order chi connectivity index (χ0) is 15.5. The molecule has 2 rings (SSSR count). The fourth-order valence-electron chi connectivity index (χ4n) is 3.08. The van der Waals surface area contributed by atoms with E-state index in [1.165, 1.54) is 6.42 Å². The molecule has 1 unspecified atom stereocenters. The van der Waals surface area contributed by atoms with Gasteiger partial charge in [0.1, 0.15) is 5.82 Å². The molecule has 0 spiro atoms. The number of nitrogens with zero attached hydrogens (tertiary/aromatic N) is 3. The minimum Gasteiger partial charge on any atom is -0.409 e. The highest BCUT2D eigenvalue weighted by Crippen LogP contribution is 2.35. The van der Waals surface area contributed by atoms with Crippen molar-refractivity contribution < 1.29 is 5.21 Å². The number of anilines is 1. The maximum atomic E-state index is 8.93. The number of oxime groups is 1. The van der Waals surface area contributed by atoms with Crippen molar-refractivity contribution in [2.75, 3.05) is 18.0 Å². The first kappa shape index (κ1) is 15.6. The van der Waals surface area contributed by atoms with Crippen LogP contribution in [-0.2, 0) is 0 Å². The van der Waals surface area contributed by atoms with Crippen molar-refractivity contribution in [2.24, 2.45) is 22.2 Å². The first-order valence-electron chi connectivity index (χ1n) is 7.61.